The largest absolute Gasteiger partial charge is 0.455 e. The Kier molecular flexibility index (Phi) is 3.05. The fraction of sp³-hybridized carbons (Fsp3) is 0.529. The maximum Gasteiger partial charge on any atom is 0.170 e. The van der Waals surface area contributed by atoms with E-state index in [0.717, 1.165) is 18.2 Å². The summed E-state index contributed by atoms with van der Waals surface area (Å²) in [6.07, 6.45) is 3.80. The van der Waals surface area contributed by atoms with Gasteiger partial charge in [-0.25, -0.2) is 4.39 Å². The third-order valence-electron chi connectivity index (χ3n) is 5.39. The Morgan fingerprint density at radius 1 is 1.29 bits per heavy atom. The van der Waals surface area contributed by atoms with E-state index in [0.29, 0.717) is 17.8 Å². The maximum absolute atomic E-state index is 13.7. The quantitative estimate of drug-likeness (QED) is 0.919. The van der Waals surface area contributed by atoms with Gasteiger partial charge in [-0.15, -0.1) is 0 Å². The van der Waals surface area contributed by atoms with Gasteiger partial charge in [-0.3, -0.25) is 0 Å². The van der Waals surface area contributed by atoms with Crippen LogP contribution in [0.25, 0.3) is 11.0 Å². The predicted octanol–water partition coefficient (Wildman–Crippen LogP) is 3.48. The second kappa shape index (κ2) is 4.82. The molecule has 1 aromatic heterocycles. The number of hydrogen-bond acceptors (Lipinski definition) is 3. The summed E-state index contributed by atoms with van der Waals surface area (Å²) in [5.41, 5.74) is 0.252. The van der Waals surface area contributed by atoms with Gasteiger partial charge in [-0.2, -0.15) is 0 Å². The van der Waals surface area contributed by atoms with Crippen LogP contribution in [0, 0.1) is 11.7 Å². The first-order valence-corrected chi connectivity index (χ1v) is 7.71. The molecule has 4 rings (SSSR count). The van der Waals surface area contributed by atoms with Gasteiger partial charge in [-0.1, -0.05) is 12.1 Å². The Balaban J connectivity index is 1.62. The van der Waals surface area contributed by atoms with Gasteiger partial charge in [0.15, 0.2) is 11.4 Å². The number of piperidine rings is 1. The van der Waals surface area contributed by atoms with Crippen LogP contribution >= 0.6 is 0 Å². The van der Waals surface area contributed by atoms with Crippen molar-refractivity contribution in [2.45, 2.75) is 43.9 Å². The standard InChI is InChI=1S/C17H20FNO2/c1-19-12-5-6-13(19)8-11(7-12)16(20)15-9-10-3-2-4-14(18)17(10)21-15/h2-4,9,11-13,16,20H,5-8H2,1H3. The van der Waals surface area contributed by atoms with Crippen molar-refractivity contribution in [2.24, 2.45) is 5.92 Å². The molecule has 4 heteroatoms. The second-order valence-electron chi connectivity index (χ2n) is 6.53. The van der Waals surface area contributed by atoms with Crippen LogP contribution < -0.4 is 0 Å². The first-order valence-electron chi connectivity index (χ1n) is 7.71. The molecule has 3 heterocycles. The normalized spacial score (nSPS) is 30.9. The van der Waals surface area contributed by atoms with Gasteiger partial charge in [0.05, 0.1) is 0 Å². The third kappa shape index (κ3) is 2.09. The lowest BCUT2D eigenvalue weighted by Crippen LogP contribution is -2.41. The van der Waals surface area contributed by atoms with Crippen LogP contribution in [0.2, 0.25) is 0 Å². The van der Waals surface area contributed by atoms with Crippen molar-refractivity contribution < 1.29 is 13.9 Å². The molecule has 0 spiro atoms. The maximum atomic E-state index is 13.7. The number of fused-ring (bicyclic) bond motifs is 3. The van der Waals surface area contributed by atoms with Crippen LogP contribution in [-0.2, 0) is 0 Å². The van der Waals surface area contributed by atoms with E-state index in [2.05, 4.69) is 11.9 Å². The SMILES string of the molecule is CN1C2CCC1CC(C(O)c1cc3cccc(F)c3o1)C2. The number of aliphatic hydroxyl groups excluding tert-OH is 1. The molecule has 112 valence electrons. The van der Waals surface area contributed by atoms with Crippen molar-refractivity contribution in [1.29, 1.82) is 0 Å². The molecular formula is C17H20FNO2. The molecule has 2 aliphatic heterocycles. The minimum atomic E-state index is -0.631. The Hall–Kier alpha value is -1.39. The summed E-state index contributed by atoms with van der Waals surface area (Å²) in [5.74, 6) is 0.348. The predicted molar refractivity (Wildman–Crippen MR) is 78.4 cm³/mol. The van der Waals surface area contributed by atoms with Crippen molar-refractivity contribution >= 4 is 11.0 Å². The monoisotopic (exact) mass is 289 g/mol. The van der Waals surface area contributed by atoms with E-state index in [-0.39, 0.29) is 17.3 Å². The Labute approximate surface area is 123 Å². The lowest BCUT2D eigenvalue weighted by atomic mass is 9.85. The highest BCUT2D eigenvalue weighted by molar-refractivity contribution is 5.78. The van der Waals surface area contributed by atoms with Crippen molar-refractivity contribution in [1.82, 2.24) is 4.90 Å². The molecule has 1 aromatic carbocycles. The van der Waals surface area contributed by atoms with Crippen molar-refractivity contribution in [3.8, 4) is 0 Å². The number of rotatable bonds is 2. The summed E-state index contributed by atoms with van der Waals surface area (Å²) in [7, 11) is 2.18. The second-order valence-corrected chi connectivity index (χ2v) is 6.53. The number of para-hydroxylation sites is 1. The first-order chi connectivity index (χ1) is 10.1. The van der Waals surface area contributed by atoms with Crippen LogP contribution in [0.15, 0.2) is 28.7 Å². The molecule has 2 fully saturated rings. The number of furan rings is 1. The zero-order valence-corrected chi connectivity index (χ0v) is 12.1. The molecule has 3 unspecified atom stereocenters. The summed E-state index contributed by atoms with van der Waals surface area (Å²) in [5, 5.41) is 11.4. The summed E-state index contributed by atoms with van der Waals surface area (Å²) in [4.78, 5) is 2.45. The average molecular weight is 289 g/mol. The van der Waals surface area contributed by atoms with E-state index < -0.39 is 6.10 Å². The fourth-order valence-corrected chi connectivity index (χ4v) is 4.14. The van der Waals surface area contributed by atoms with E-state index in [9.17, 15) is 9.50 Å². The molecule has 21 heavy (non-hydrogen) atoms. The first kappa shape index (κ1) is 13.3. The highest BCUT2D eigenvalue weighted by Crippen LogP contribution is 2.43. The van der Waals surface area contributed by atoms with Gasteiger partial charge in [0, 0.05) is 17.5 Å². The zero-order valence-electron chi connectivity index (χ0n) is 12.1. The van der Waals surface area contributed by atoms with E-state index in [4.69, 9.17) is 4.42 Å². The van der Waals surface area contributed by atoms with E-state index in [1.807, 2.05) is 6.07 Å². The van der Waals surface area contributed by atoms with Gasteiger partial charge in [-0.05, 0) is 50.8 Å². The van der Waals surface area contributed by atoms with Gasteiger partial charge < -0.3 is 14.4 Å². The van der Waals surface area contributed by atoms with Gasteiger partial charge in [0.1, 0.15) is 11.9 Å². The molecule has 2 aromatic rings. The molecule has 0 aliphatic carbocycles. The average Bonchev–Trinajstić information content (AvgIpc) is 2.97. The van der Waals surface area contributed by atoms with Crippen LogP contribution in [0.4, 0.5) is 4.39 Å². The van der Waals surface area contributed by atoms with Crippen molar-refractivity contribution in [3.63, 3.8) is 0 Å². The lowest BCUT2D eigenvalue weighted by molar-refractivity contribution is 0.0243. The topological polar surface area (TPSA) is 36.6 Å². The number of nitrogens with zero attached hydrogens (tertiary/aromatic N) is 1. The van der Waals surface area contributed by atoms with Crippen LogP contribution in [0.3, 0.4) is 0 Å². The number of hydrogen-bond donors (Lipinski definition) is 1. The smallest absolute Gasteiger partial charge is 0.170 e. The minimum Gasteiger partial charge on any atom is -0.455 e. The fourth-order valence-electron chi connectivity index (χ4n) is 4.14. The minimum absolute atomic E-state index is 0.210. The van der Waals surface area contributed by atoms with E-state index in [1.165, 1.54) is 18.9 Å². The summed E-state index contributed by atoms with van der Waals surface area (Å²) in [6.45, 7) is 0. The molecule has 0 radical (unpaired) electrons. The molecule has 3 atom stereocenters. The van der Waals surface area contributed by atoms with Crippen molar-refractivity contribution in [3.05, 3.63) is 35.8 Å². The van der Waals surface area contributed by atoms with E-state index in [1.54, 1.807) is 12.1 Å². The van der Waals surface area contributed by atoms with Crippen LogP contribution in [0.1, 0.15) is 37.5 Å². The van der Waals surface area contributed by atoms with Crippen LogP contribution in [-0.4, -0.2) is 29.1 Å². The Morgan fingerprint density at radius 2 is 2.00 bits per heavy atom. The summed E-state index contributed by atoms with van der Waals surface area (Å²) in [6, 6.07) is 7.80. The van der Waals surface area contributed by atoms with Gasteiger partial charge in [0.25, 0.3) is 0 Å². The summed E-state index contributed by atoms with van der Waals surface area (Å²) < 4.78 is 19.3. The number of benzene rings is 1. The van der Waals surface area contributed by atoms with Gasteiger partial charge >= 0.3 is 0 Å². The van der Waals surface area contributed by atoms with Crippen LogP contribution in [0.5, 0.6) is 0 Å². The van der Waals surface area contributed by atoms with Crippen molar-refractivity contribution in [2.75, 3.05) is 7.05 Å². The third-order valence-corrected chi connectivity index (χ3v) is 5.39. The number of aliphatic hydroxyl groups is 1. The highest BCUT2D eigenvalue weighted by atomic mass is 19.1. The molecule has 2 bridgehead atoms. The molecule has 0 saturated carbocycles. The Bertz CT molecular complexity index is 654. The summed E-state index contributed by atoms with van der Waals surface area (Å²) >= 11 is 0. The molecule has 1 N–H and O–H groups in total. The Morgan fingerprint density at radius 3 is 2.67 bits per heavy atom. The van der Waals surface area contributed by atoms with E-state index >= 15 is 0 Å². The van der Waals surface area contributed by atoms with Gasteiger partial charge in [0.2, 0.25) is 0 Å². The highest BCUT2D eigenvalue weighted by Gasteiger charge is 2.41. The number of halogens is 1. The molecule has 2 saturated heterocycles. The molecule has 0 amide bonds. The molecule has 2 aliphatic rings. The lowest BCUT2D eigenvalue weighted by Gasteiger charge is -2.37. The zero-order chi connectivity index (χ0) is 14.6. The molecular weight excluding hydrogens is 269 g/mol. The molecule has 3 nitrogen and oxygen atoms in total.